The maximum Gasteiger partial charge on any atom is 0.416 e. The molecule has 43 heavy (non-hydrogen) atoms. The number of carbonyl (C=O) groups excluding carboxylic acids is 1. The number of carbonyl (C=O) groups is 2. The predicted molar refractivity (Wildman–Crippen MR) is 147 cm³/mol. The van der Waals surface area contributed by atoms with Crippen LogP contribution in [-0.2, 0) is 17.1 Å². The number of carboxylic acid groups (broad SMARTS) is 1. The third-order valence-corrected chi connectivity index (χ3v) is 7.93. The number of hydrogen-bond donors (Lipinski definition) is 2. The van der Waals surface area contributed by atoms with Crippen molar-refractivity contribution in [3.8, 4) is 16.9 Å². The minimum absolute atomic E-state index is 0.000653. The maximum absolute atomic E-state index is 13.2. The molecule has 5 rings (SSSR count). The third kappa shape index (κ3) is 7.06. The fourth-order valence-electron chi connectivity index (χ4n) is 5.72. The summed E-state index contributed by atoms with van der Waals surface area (Å²) in [5.41, 5.74) is -0.496. The third-order valence-electron chi connectivity index (χ3n) is 7.93. The lowest BCUT2D eigenvalue weighted by molar-refractivity contribution is -0.143. The summed E-state index contributed by atoms with van der Waals surface area (Å²) >= 11 is 0. The second-order valence-electron chi connectivity index (χ2n) is 10.8. The van der Waals surface area contributed by atoms with Crippen LogP contribution in [0.15, 0.2) is 60.7 Å². The van der Waals surface area contributed by atoms with E-state index < -0.39 is 41.2 Å². The van der Waals surface area contributed by atoms with Crippen LogP contribution >= 0.6 is 0 Å². The van der Waals surface area contributed by atoms with Crippen LogP contribution in [0.25, 0.3) is 11.1 Å². The summed E-state index contributed by atoms with van der Waals surface area (Å²) in [6, 6.07) is 13.2. The van der Waals surface area contributed by atoms with E-state index in [9.17, 15) is 35.9 Å². The molecule has 0 unspecified atom stereocenters. The van der Waals surface area contributed by atoms with Crippen molar-refractivity contribution in [1.29, 1.82) is 0 Å². The average Bonchev–Trinajstić information content (AvgIpc) is 2.95. The molecule has 0 spiro atoms. The molecule has 2 amide bonds. The minimum atomic E-state index is -5.04. The fourth-order valence-corrected chi connectivity index (χ4v) is 5.72. The Morgan fingerprint density at radius 3 is 2.02 bits per heavy atom. The molecule has 0 bridgehead atoms. The second kappa shape index (κ2) is 11.8. The van der Waals surface area contributed by atoms with Gasteiger partial charge in [0.05, 0.1) is 23.4 Å². The van der Waals surface area contributed by atoms with Crippen molar-refractivity contribution in [2.45, 2.75) is 50.4 Å². The van der Waals surface area contributed by atoms with E-state index in [4.69, 9.17) is 9.84 Å². The van der Waals surface area contributed by atoms with Crippen LogP contribution in [0.4, 0.5) is 42.5 Å². The van der Waals surface area contributed by atoms with E-state index in [0.29, 0.717) is 29.5 Å². The number of halogens is 6. The first kappa shape index (κ1) is 30.2. The zero-order valence-electron chi connectivity index (χ0n) is 22.8. The number of nitrogens with zero attached hydrogens (tertiary/aromatic N) is 1. The molecule has 6 nitrogen and oxygen atoms in total. The number of rotatable bonds is 5. The molecule has 228 valence electrons. The van der Waals surface area contributed by atoms with Gasteiger partial charge < -0.3 is 15.2 Å². The Morgan fingerprint density at radius 1 is 0.837 bits per heavy atom. The number of hydrogen-bond acceptors (Lipinski definition) is 3. The molecule has 0 atom stereocenters. The molecule has 1 heterocycles. The van der Waals surface area contributed by atoms with Crippen molar-refractivity contribution in [2.75, 3.05) is 23.4 Å². The van der Waals surface area contributed by atoms with E-state index in [2.05, 4.69) is 5.32 Å². The van der Waals surface area contributed by atoms with Crippen LogP contribution in [-0.4, -0.2) is 30.3 Å². The number of nitrogens with one attached hydrogen (secondary N) is 1. The lowest BCUT2D eigenvalue weighted by Gasteiger charge is -2.30. The SMILES string of the molecule is O=C(O)C[C@H]1CC[C@H](c2ccc(-c3ccc4c(c3)OCCN4C(=O)Nc3cc(C(F)(F)F)cc(C(F)(F)F)c3)cc2)CC1. The first-order valence-corrected chi connectivity index (χ1v) is 13.7. The Balaban J connectivity index is 1.30. The first-order valence-electron chi connectivity index (χ1n) is 13.7. The van der Waals surface area contributed by atoms with Crippen LogP contribution in [0.5, 0.6) is 5.75 Å². The van der Waals surface area contributed by atoms with Crippen molar-refractivity contribution >= 4 is 23.4 Å². The largest absolute Gasteiger partial charge is 0.490 e. The van der Waals surface area contributed by atoms with Crippen LogP contribution in [0.2, 0.25) is 0 Å². The second-order valence-corrected chi connectivity index (χ2v) is 10.8. The summed E-state index contributed by atoms with van der Waals surface area (Å²) in [4.78, 5) is 25.2. The van der Waals surface area contributed by atoms with Gasteiger partial charge in [0.2, 0.25) is 0 Å². The highest BCUT2D eigenvalue weighted by Crippen LogP contribution is 2.40. The van der Waals surface area contributed by atoms with Crippen molar-refractivity contribution in [3.63, 3.8) is 0 Å². The Labute approximate surface area is 243 Å². The van der Waals surface area contributed by atoms with E-state index in [1.54, 1.807) is 18.2 Å². The van der Waals surface area contributed by atoms with Crippen LogP contribution in [0.1, 0.15) is 54.7 Å². The number of fused-ring (bicyclic) bond motifs is 1. The smallest absolute Gasteiger partial charge is 0.416 e. The Bertz CT molecular complexity index is 1460. The fraction of sp³-hybridized carbons (Fsp3) is 0.355. The Morgan fingerprint density at radius 2 is 1.44 bits per heavy atom. The molecule has 0 aromatic heterocycles. The van der Waals surface area contributed by atoms with Crippen molar-refractivity contribution in [1.82, 2.24) is 0 Å². The summed E-state index contributed by atoms with van der Waals surface area (Å²) < 4.78 is 85.2. The van der Waals surface area contributed by atoms with Gasteiger partial charge in [0.25, 0.3) is 0 Å². The van der Waals surface area contributed by atoms with Gasteiger partial charge in [-0.1, -0.05) is 30.3 Å². The molecule has 1 aliphatic heterocycles. The van der Waals surface area contributed by atoms with Crippen LogP contribution < -0.4 is 15.0 Å². The van der Waals surface area contributed by atoms with Gasteiger partial charge in [0.15, 0.2) is 0 Å². The number of carboxylic acids is 1. The van der Waals surface area contributed by atoms with Gasteiger partial charge >= 0.3 is 24.4 Å². The summed E-state index contributed by atoms with van der Waals surface area (Å²) in [6.45, 7) is 0.108. The predicted octanol–water partition coefficient (Wildman–Crippen LogP) is 8.57. The molecule has 12 heteroatoms. The van der Waals surface area contributed by atoms with E-state index in [0.717, 1.165) is 36.8 Å². The van der Waals surface area contributed by atoms with E-state index in [1.807, 2.05) is 24.3 Å². The molecule has 3 aromatic carbocycles. The van der Waals surface area contributed by atoms with Crippen LogP contribution in [0, 0.1) is 5.92 Å². The molecular weight excluding hydrogens is 578 g/mol. The highest BCUT2D eigenvalue weighted by atomic mass is 19.4. The quantitative estimate of drug-likeness (QED) is 0.285. The summed E-state index contributed by atoms with van der Waals surface area (Å²) in [5, 5.41) is 11.2. The summed E-state index contributed by atoms with van der Waals surface area (Å²) in [7, 11) is 0. The van der Waals surface area contributed by atoms with Gasteiger partial charge in [0.1, 0.15) is 12.4 Å². The lowest BCUT2D eigenvalue weighted by Crippen LogP contribution is -2.40. The first-order chi connectivity index (χ1) is 20.3. The van der Waals surface area contributed by atoms with Gasteiger partial charge in [-0.05, 0) is 84.5 Å². The highest BCUT2D eigenvalue weighted by Gasteiger charge is 2.37. The topological polar surface area (TPSA) is 78.9 Å². The van der Waals surface area contributed by atoms with Gasteiger partial charge in [0, 0.05) is 12.1 Å². The number of benzene rings is 3. The molecule has 0 saturated heterocycles. The Kier molecular flexibility index (Phi) is 8.31. The minimum Gasteiger partial charge on any atom is -0.490 e. The standard InChI is InChI=1S/C31H28F6N2O4/c32-30(33,34)23-15-24(31(35,36)37)17-25(16-23)38-29(42)39-11-12-43-27-14-22(9-10-26(27)39)21-7-5-20(6-8-21)19-3-1-18(2-4-19)13-28(40)41/h5-10,14-19H,1-4,11-13H2,(H,38,42)(H,40,41)/t18-,19-. The van der Waals surface area contributed by atoms with E-state index in [-0.39, 0.29) is 31.6 Å². The molecule has 0 radical (unpaired) electrons. The van der Waals surface area contributed by atoms with Crippen molar-refractivity contribution in [2.24, 2.45) is 5.92 Å². The lowest BCUT2D eigenvalue weighted by atomic mass is 9.77. The number of alkyl halides is 6. The van der Waals surface area contributed by atoms with Crippen molar-refractivity contribution in [3.05, 3.63) is 77.4 Å². The highest BCUT2D eigenvalue weighted by molar-refractivity contribution is 6.03. The normalized spacial score (nSPS) is 18.9. The molecule has 1 saturated carbocycles. The number of anilines is 2. The zero-order chi connectivity index (χ0) is 30.9. The van der Waals surface area contributed by atoms with E-state index >= 15 is 0 Å². The van der Waals surface area contributed by atoms with Gasteiger partial charge in [-0.15, -0.1) is 0 Å². The van der Waals surface area contributed by atoms with E-state index in [1.165, 1.54) is 10.5 Å². The van der Waals surface area contributed by atoms with Gasteiger partial charge in [-0.25, -0.2) is 4.79 Å². The molecular formula is C31H28F6N2O4. The molecule has 1 fully saturated rings. The maximum atomic E-state index is 13.2. The van der Waals surface area contributed by atoms with Crippen LogP contribution in [0.3, 0.4) is 0 Å². The number of aliphatic carboxylic acids is 1. The number of ether oxygens (including phenoxy) is 1. The van der Waals surface area contributed by atoms with Gasteiger partial charge in [-0.3, -0.25) is 9.69 Å². The molecule has 2 N–H and O–H groups in total. The summed E-state index contributed by atoms with van der Waals surface area (Å²) in [6.07, 6.45) is -6.26. The van der Waals surface area contributed by atoms with Gasteiger partial charge in [-0.2, -0.15) is 26.3 Å². The monoisotopic (exact) mass is 606 g/mol. The average molecular weight is 607 g/mol. The zero-order valence-corrected chi connectivity index (χ0v) is 22.8. The molecule has 2 aliphatic rings. The summed E-state index contributed by atoms with van der Waals surface area (Å²) in [5.74, 6) is 0.162. The molecule has 1 aliphatic carbocycles. The van der Waals surface area contributed by atoms with Crippen molar-refractivity contribution < 1.29 is 45.8 Å². The number of urea groups is 1. The Hall–Kier alpha value is -4.22. The number of amides is 2. The molecule has 3 aromatic rings.